The van der Waals surface area contributed by atoms with Crippen molar-refractivity contribution in [2.45, 2.75) is 23.8 Å². The number of sulfonamides is 1. The Hall–Kier alpha value is -1.75. The Bertz CT molecular complexity index is 648. The van der Waals surface area contributed by atoms with Gasteiger partial charge in [-0.2, -0.15) is 4.31 Å². The highest BCUT2D eigenvalue weighted by Gasteiger charge is 2.36. The van der Waals surface area contributed by atoms with Gasteiger partial charge in [-0.3, -0.25) is 16.0 Å². The summed E-state index contributed by atoms with van der Waals surface area (Å²) in [5.74, 6) is 5.28. The van der Waals surface area contributed by atoms with Crippen LogP contribution in [0.15, 0.2) is 23.1 Å². The van der Waals surface area contributed by atoms with Gasteiger partial charge in [0.2, 0.25) is 10.0 Å². The van der Waals surface area contributed by atoms with Gasteiger partial charge in [0.15, 0.2) is 0 Å². The van der Waals surface area contributed by atoms with Crippen molar-refractivity contribution in [3.8, 4) is 0 Å². The van der Waals surface area contributed by atoms with E-state index in [2.05, 4.69) is 5.43 Å². The van der Waals surface area contributed by atoms with Crippen molar-refractivity contribution in [3.63, 3.8) is 0 Å². The summed E-state index contributed by atoms with van der Waals surface area (Å²) in [6.07, 6.45) is 1.23. The molecule has 116 valence electrons. The van der Waals surface area contributed by atoms with Crippen LogP contribution in [0, 0.1) is 10.1 Å². The molecule has 2 rings (SSSR count). The molecule has 1 fully saturated rings. The fourth-order valence-corrected chi connectivity index (χ4v) is 4.23. The van der Waals surface area contributed by atoms with Gasteiger partial charge in [-0.15, -0.1) is 0 Å². The number of nitrogens with two attached hydrogens (primary N) is 1. The Morgan fingerprint density at radius 2 is 2.24 bits per heavy atom. The number of nitrogen functional groups attached to an aromatic ring is 1. The molecule has 0 aromatic heterocycles. The molecule has 9 nitrogen and oxygen atoms in total. The molecule has 0 amide bonds. The van der Waals surface area contributed by atoms with Crippen molar-refractivity contribution in [3.05, 3.63) is 28.3 Å². The van der Waals surface area contributed by atoms with Crippen LogP contribution in [0.3, 0.4) is 0 Å². The monoisotopic (exact) mass is 316 g/mol. The van der Waals surface area contributed by atoms with Crippen LogP contribution in [0.4, 0.5) is 11.4 Å². The van der Waals surface area contributed by atoms with Crippen LogP contribution in [0.25, 0.3) is 0 Å². The fraction of sp³-hybridized carbons (Fsp3) is 0.455. The molecule has 1 aliphatic rings. The Morgan fingerprint density at radius 1 is 1.52 bits per heavy atom. The van der Waals surface area contributed by atoms with Gasteiger partial charge in [-0.25, -0.2) is 8.42 Å². The average molecular weight is 316 g/mol. The van der Waals surface area contributed by atoms with Crippen molar-refractivity contribution in [2.75, 3.05) is 18.6 Å². The molecule has 0 spiro atoms. The molecule has 0 bridgehead atoms. The van der Waals surface area contributed by atoms with Gasteiger partial charge in [0, 0.05) is 24.7 Å². The van der Waals surface area contributed by atoms with Crippen LogP contribution in [-0.2, 0) is 10.0 Å². The van der Waals surface area contributed by atoms with Gasteiger partial charge in [-0.05, 0) is 18.9 Å². The zero-order valence-corrected chi connectivity index (χ0v) is 11.9. The number of anilines is 1. The predicted octanol–water partition coefficient (Wildman–Crippen LogP) is 0.0258. The summed E-state index contributed by atoms with van der Waals surface area (Å²) in [5, 5.41) is 20.0. The Kier molecular flexibility index (Phi) is 4.42. The number of hydrogen-bond donors (Lipinski definition) is 3. The smallest absolute Gasteiger partial charge is 0.271 e. The Labute approximate surface area is 121 Å². The quantitative estimate of drug-likeness (QED) is 0.395. The maximum Gasteiger partial charge on any atom is 0.271 e. The molecule has 1 saturated heterocycles. The third-order valence-corrected chi connectivity index (χ3v) is 5.46. The number of nitrogens with one attached hydrogen (secondary N) is 1. The van der Waals surface area contributed by atoms with Crippen molar-refractivity contribution < 1.29 is 18.4 Å². The van der Waals surface area contributed by atoms with Crippen molar-refractivity contribution >= 4 is 21.4 Å². The second kappa shape index (κ2) is 5.93. The molecule has 10 heteroatoms. The molecule has 1 aliphatic heterocycles. The summed E-state index contributed by atoms with van der Waals surface area (Å²) in [4.78, 5) is 9.95. The van der Waals surface area contributed by atoms with E-state index in [9.17, 15) is 23.6 Å². The van der Waals surface area contributed by atoms with Gasteiger partial charge in [-0.1, -0.05) is 0 Å². The highest BCUT2D eigenvalue weighted by Crippen LogP contribution is 2.31. The van der Waals surface area contributed by atoms with E-state index in [-0.39, 0.29) is 22.9 Å². The number of aliphatic hydroxyl groups excluding tert-OH is 1. The molecule has 1 heterocycles. The van der Waals surface area contributed by atoms with Crippen LogP contribution in [0.1, 0.15) is 12.8 Å². The third-order valence-electron chi connectivity index (χ3n) is 3.45. The van der Waals surface area contributed by atoms with E-state index in [1.54, 1.807) is 0 Å². The normalized spacial score (nSPS) is 19.6. The summed E-state index contributed by atoms with van der Waals surface area (Å²) in [5.41, 5.74) is 1.87. The van der Waals surface area contributed by atoms with Crippen LogP contribution in [-0.4, -0.2) is 41.9 Å². The zero-order chi connectivity index (χ0) is 15.6. The zero-order valence-electron chi connectivity index (χ0n) is 11.1. The van der Waals surface area contributed by atoms with E-state index in [4.69, 9.17) is 5.84 Å². The minimum absolute atomic E-state index is 0.0483. The van der Waals surface area contributed by atoms with Crippen LogP contribution in [0.2, 0.25) is 0 Å². The number of benzene rings is 1. The van der Waals surface area contributed by atoms with E-state index >= 15 is 0 Å². The maximum atomic E-state index is 12.6. The minimum atomic E-state index is -3.88. The lowest BCUT2D eigenvalue weighted by atomic mass is 10.2. The molecule has 0 saturated carbocycles. The van der Waals surface area contributed by atoms with Gasteiger partial charge < -0.3 is 10.5 Å². The highest BCUT2D eigenvalue weighted by molar-refractivity contribution is 7.89. The third kappa shape index (κ3) is 2.83. The number of nitrogens with zero attached hydrogens (tertiary/aromatic N) is 2. The number of rotatable bonds is 5. The first-order valence-electron chi connectivity index (χ1n) is 6.29. The van der Waals surface area contributed by atoms with Crippen molar-refractivity contribution in [1.82, 2.24) is 4.31 Å². The molecule has 1 aromatic rings. The van der Waals surface area contributed by atoms with E-state index in [1.165, 1.54) is 4.31 Å². The van der Waals surface area contributed by atoms with E-state index in [0.717, 1.165) is 18.2 Å². The summed E-state index contributed by atoms with van der Waals surface area (Å²) < 4.78 is 26.4. The lowest BCUT2D eigenvalue weighted by Gasteiger charge is -2.23. The van der Waals surface area contributed by atoms with Gasteiger partial charge in [0.25, 0.3) is 5.69 Å². The minimum Gasteiger partial charge on any atom is -0.395 e. The van der Waals surface area contributed by atoms with Gasteiger partial charge >= 0.3 is 0 Å². The predicted molar refractivity (Wildman–Crippen MR) is 74.9 cm³/mol. The van der Waals surface area contributed by atoms with E-state index < -0.39 is 21.0 Å². The number of non-ortho nitro benzene ring substituents is 1. The lowest BCUT2D eigenvalue weighted by Crippen LogP contribution is -2.38. The first-order valence-corrected chi connectivity index (χ1v) is 7.73. The number of hydrogen-bond acceptors (Lipinski definition) is 7. The topological polar surface area (TPSA) is 139 Å². The lowest BCUT2D eigenvalue weighted by molar-refractivity contribution is -0.384. The number of nitro groups is 1. The molecule has 1 aromatic carbocycles. The summed E-state index contributed by atoms with van der Waals surface area (Å²) in [7, 11) is -3.88. The first-order chi connectivity index (χ1) is 9.91. The van der Waals surface area contributed by atoms with E-state index in [1.807, 2.05) is 0 Å². The molecule has 1 atom stereocenters. The maximum absolute atomic E-state index is 12.6. The Balaban J connectivity index is 2.47. The number of nitro benzene ring substituents is 1. The summed E-state index contributed by atoms with van der Waals surface area (Å²) in [6.45, 7) is 0.0339. The number of aliphatic hydroxyl groups is 1. The van der Waals surface area contributed by atoms with Gasteiger partial charge in [0.05, 0.1) is 17.2 Å². The molecule has 1 unspecified atom stereocenters. The van der Waals surface area contributed by atoms with Crippen LogP contribution in [0.5, 0.6) is 0 Å². The molecular formula is C11H16N4O5S. The molecule has 21 heavy (non-hydrogen) atoms. The second-order valence-electron chi connectivity index (χ2n) is 4.68. The first kappa shape index (κ1) is 15.6. The molecule has 4 N–H and O–H groups in total. The summed E-state index contributed by atoms with van der Waals surface area (Å²) in [6, 6.07) is 2.85. The van der Waals surface area contributed by atoms with Gasteiger partial charge in [0.1, 0.15) is 4.90 Å². The largest absolute Gasteiger partial charge is 0.395 e. The van der Waals surface area contributed by atoms with E-state index in [0.29, 0.717) is 19.4 Å². The number of hydrazine groups is 1. The van der Waals surface area contributed by atoms with Crippen molar-refractivity contribution in [2.24, 2.45) is 5.84 Å². The second-order valence-corrected chi connectivity index (χ2v) is 6.54. The van der Waals surface area contributed by atoms with Crippen LogP contribution >= 0.6 is 0 Å². The van der Waals surface area contributed by atoms with Crippen molar-refractivity contribution in [1.29, 1.82) is 0 Å². The SMILES string of the molecule is NNc1cc([N+](=O)[O-])ccc1S(=O)(=O)N1CCCC1CO. The molecular weight excluding hydrogens is 300 g/mol. The fourth-order valence-electron chi connectivity index (χ4n) is 2.40. The molecule has 0 aliphatic carbocycles. The highest BCUT2D eigenvalue weighted by atomic mass is 32.2. The Morgan fingerprint density at radius 3 is 2.81 bits per heavy atom. The molecule has 0 radical (unpaired) electrons. The summed E-state index contributed by atoms with van der Waals surface area (Å²) >= 11 is 0. The standard InChI is InChI=1S/C11H16N4O5S/c12-13-10-6-8(15(17)18)3-4-11(10)21(19,20)14-5-1-2-9(14)7-16/h3-4,6,9,13,16H,1-2,5,7,12H2. The average Bonchev–Trinajstić information content (AvgIpc) is 2.95. The van der Waals surface area contributed by atoms with Crippen LogP contribution < -0.4 is 11.3 Å².